The minimum absolute atomic E-state index is 0.00815. The van der Waals surface area contributed by atoms with Gasteiger partial charge in [-0.2, -0.15) is 0 Å². The van der Waals surface area contributed by atoms with Crippen LogP contribution in [0.4, 0.5) is 0 Å². The molecule has 2 nitrogen and oxygen atoms in total. The van der Waals surface area contributed by atoms with E-state index in [0.29, 0.717) is 0 Å². The van der Waals surface area contributed by atoms with Gasteiger partial charge in [0.1, 0.15) is 0 Å². The minimum Gasteiger partial charge on any atom is -0.337 e. The number of carbonyl (C=O) groups excluding carboxylic acids is 1. The first-order chi connectivity index (χ1) is 5.29. The molecule has 2 rings (SSSR count). The molecule has 0 aliphatic carbocycles. The van der Waals surface area contributed by atoms with Crippen LogP contribution in [0.5, 0.6) is 0 Å². The molecule has 0 amide bonds. The minimum atomic E-state index is -0.00815. The number of hydrogen-bond donors (Lipinski definition) is 0. The molecule has 1 unspecified atom stereocenters. The van der Waals surface area contributed by atoms with Gasteiger partial charge < -0.3 is 4.90 Å². The van der Waals surface area contributed by atoms with Crippen molar-refractivity contribution in [2.75, 3.05) is 0 Å². The zero-order valence-corrected chi connectivity index (χ0v) is 6.32. The largest absolute Gasteiger partial charge is 0.337 e. The summed E-state index contributed by atoms with van der Waals surface area (Å²) in [7, 11) is 0. The van der Waals surface area contributed by atoms with E-state index < -0.39 is 0 Å². The quantitative estimate of drug-likeness (QED) is 0.513. The van der Waals surface area contributed by atoms with E-state index in [2.05, 4.69) is 0 Å². The van der Waals surface area contributed by atoms with Crippen LogP contribution in [0.1, 0.15) is 6.92 Å². The molecule has 0 saturated heterocycles. The number of rotatable bonds is 0. The molecule has 56 valence electrons. The molecule has 0 saturated carbocycles. The standard InChI is InChI=1S/C9H9NO/c1-7-9(11)6-8-4-2-3-5-10(7)8/h2-7H,1H3. The lowest BCUT2D eigenvalue weighted by Crippen LogP contribution is -2.26. The Kier molecular flexibility index (Phi) is 1.22. The van der Waals surface area contributed by atoms with Crippen molar-refractivity contribution in [2.45, 2.75) is 13.0 Å². The summed E-state index contributed by atoms with van der Waals surface area (Å²) in [4.78, 5) is 13.1. The maximum Gasteiger partial charge on any atom is 0.180 e. The van der Waals surface area contributed by atoms with Crippen LogP contribution < -0.4 is 0 Å². The first kappa shape index (κ1) is 6.40. The predicted molar refractivity (Wildman–Crippen MR) is 42.7 cm³/mol. The van der Waals surface area contributed by atoms with Crippen molar-refractivity contribution in [3.8, 4) is 0 Å². The molecular formula is C9H9NO. The molecule has 0 aromatic rings. The molecule has 0 radical (unpaired) electrons. The van der Waals surface area contributed by atoms with Crippen molar-refractivity contribution in [3.63, 3.8) is 0 Å². The summed E-state index contributed by atoms with van der Waals surface area (Å²) in [5, 5.41) is 0. The highest BCUT2D eigenvalue weighted by Gasteiger charge is 2.26. The average molecular weight is 147 g/mol. The second-order valence-corrected chi connectivity index (χ2v) is 2.76. The fourth-order valence-electron chi connectivity index (χ4n) is 1.35. The van der Waals surface area contributed by atoms with Gasteiger partial charge in [-0.15, -0.1) is 0 Å². The van der Waals surface area contributed by atoms with E-state index in [-0.39, 0.29) is 11.8 Å². The van der Waals surface area contributed by atoms with Crippen molar-refractivity contribution in [3.05, 3.63) is 36.2 Å². The van der Waals surface area contributed by atoms with Gasteiger partial charge in [0.2, 0.25) is 0 Å². The molecule has 2 aliphatic rings. The van der Waals surface area contributed by atoms with Crippen LogP contribution in [0.2, 0.25) is 0 Å². The zero-order valence-electron chi connectivity index (χ0n) is 6.32. The zero-order chi connectivity index (χ0) is 7.84. The van der Waals surface area contributed by atoms with E-state index >= 15 is 0 Å². The van der Waals surface area contributed by atoms with Gasteiger partial charge in [0.25, 0.3) is 0 Å². The van der Waals surface area contributed by atoms with Crippen LogP contribution in [0.15, 0.2) is 36.2 Å². The number of ketones is 1. The number of allylic oxidation sites excluding steroid dienone is 3. The maximum atomic E-state index is 11.2. The van der Waals surface area contributed by atoms with Crippen molar-refractivity contribution in [1.29, 1.82) is 0 Å². The maximum absolute atomic E-state index is 11.2. The molecule has 0 bridgehead atoms. The summed E-state index contributed by atoms with van der Waals surface area (Å²) < 4.78 is 0. The molecule has 0 N–H and O–H groups in total. The van der Waals surface area contributed by atoms with Crippen LogP contribution in [-0.2, 0) is 4.79 Å². The Hall–Kier alpha value is -1.31. The number of hydrogen-bond acceptors (Lipinski definition) is 2. The normalized spacial score (nSPS) is 27.4. The highest BCUT2D eigenvalue weighted by molar-refractivity contribution is 5.98. The molecule has 2 aliphatic heterocycles. The molecular weight excluding hydrogens is 138 g/mol. The molecule has 0 aromatic carbocycles. The third kappa shape index (κ3) is 0.827. The van der Waals surface area contributed by atoms with Gasteiger partial charge in [0.15, 0.2) is 5.78 Å². The first-order valence-electron chi connectivity index (χ1n) is 3.68. The van der Waals surface area contributed by atoms with Gasteiger partial charge in [-0.1, -0.05) is 6.08 Å². The van der Waals surface area contributed by atoms with Crippen LogP contribution in [0.3, 0.4) is 0 Å². The summed E-state index contributed by atoms with van der Waals surface area (Å²) in [6.45, 7) is 1.91. The summed E-state index contributed by atoms with van der Waals surface area (Å²) in [6.07, 6.45) is 9.44. The Bertz CT molecular complexity index is 286. The molecule has 2 heterocycles. The van der Waals surface area contributed by atoms with Crippen LogP contribution in [0.25, 0.3) is 0 Å². The van der Waals surface area contributed by atoms with E-state index in [9.17, 15) is 4.79 Å². The molecule has 0 fully saturated rings. The van der Waals surface area contributed by atoms with Crippen molar-refractivity contribution < 1.29 is 4.79 Å². The Labute approximate surface area is 65.5 Å². The first-order valence-corrected chi connectivity index (χ1v) is 3.68. The second kappa shape index (κ2) is 2.09. The van der Waals surface area contributed by atoms with E-state index in [1.807, 2.05) is 36.3 Å². The summed E-state index contributed by atoms with van der Waals surface area (Å²) in [6, 6.07) is -0.00815. The van der Waals surface area contributed by atoms with Crippen LogP contribution in [0, 0.1) is 0 Å². The van der Waals surface area contributed by atoms with Gasteiger partial charge in [-0.3, -0.25) is 4.79 Å². The number of fused-ring (bicyclic) bond motifs is 1. The lowest BCUT2D eigenvalue weighted by molar-refractivity contribution is -0.116. The second-order valence-electron chi connectivity index (χ2n) is 2.76. The Morgan fingerprint density at radius 1 is 1.45 bits per heavy atom. The lowest BCUT2D eigenvalue weighted by atomic mass is 10.2. The van der Waals surface area contributed by atoms with Crippen molar-refractivity contribution in [1.82, 2.24) is 4.90 Å². The van der Waals surface area contributed by atoms with E-state index in [1.54, 1.807) is 6.08 Å². The number of nitrogens with zero attached hydrogens (tertiary/aromatic N) is 1. The summed E-state index contributed by atoms with van der Waals surface area (Å²) in [5.74, 6) is 0.191. The highest BCUT2D eigenvalue weighted by Crippen LogP contribution is 2.22. The molecule has 0 spiro atoms. The van der Waals surface area contributed by atoms with Gasteiger partial charge in [0, 0.05) is 18.0 Å². The van der Waals surface area contributed by atoms with Crippen molar-refractivity contribution >= 4 is 5.78 Å². The predicted octanol–water partition coefficient (Wildman–Crippen LogP) is 1.23. The van der Waals surface area contributed by atoms with Crippen molar-refractivity contribution in [2.24, 2.45) is 0 Å². The smallest absolute Gasteiger partial charge is 0.180 e. The monoisotopic (exact) mass is 147 g/mol. The van der Waals surface area contributed by atoms with Gasteiger partial charge in [-0.05, 0) is 19.1 Å². The third-order valence-corrected chi connectivity index (χ3v) is 2.04. The van der Waals surface area contributed by atoms with E-state index in [1.165, 1.54) is 0 Å². The van der Waals surface area contributed by atoms with Gasteiger partial charge >= 0.3 is 0 Å². The summed E-state index contributed by atoms with van der Waals surface area (Å²) in [5.41, 5.74) is 1.00. The Balaban J connectivity index is 2.40. The van der Waals surface area contributed by atoms with Crippen LogP contribution >= 0.6 is 0 Å². The fraction of sp³-hybridized carbons (Fsp3) is 0.222. The SMILES string of the molecule is CC1C(=O)C=C2C=CC=CN21. The highest BCUT2D eigenvalue weighted by atomic mass is 16.1. The van der Waals surface area contributed by atoms with Gasteiger partial charge in [0.05, 0.1) is 6.04 Å². The molecule has 2 heteroatoms. The average Bonchev–Trinajstić information content (AvgIpc) is 2.30. The van der Waals surface area contributed by atoms with Crippen LogP contribution in [-0.4, -0.2) is 16.7 Å². The van der Waals surface area contributed by atoms with Gasteiger partial charge in [-0.25, -0.2) is 0 Å². The molecule has 1 atom stereocenters. The lowest BCUT2D eigenvalue weighted by Gasteiger charge is -2.21. The molecule has 11 heavy (non-hydrogen) atoms. The van der Waals surface area contributed by atoms with E-state index in [4.69, 9.17) is 0 Å². The number of carbonyl (C=O) groups is 1. The Morgan fingerprint density at radius 2 is 2.27 bits per heavy atom. The van der Waals surface area contributed by atoms with E-state index in [0.717, 1.165) is 5.70 Å². The topological polar surface area (TPSA) is 20.3 Å². The third-order valence-electron chi connectivity index (χ3n) is 2.04. The Morgan fingerprint density at radius 3 is 3.00 bits per heavy atom. The summed E-state index contributed by atoms with van der Waals surface area (Å²) >= 11 is 0. The molecule has 0 aromatic heterocycles. The fourth-order valence-corrected chi connectivity index (χ4v) is 1.35.